The highest BCUT2D eigenvalue weighted by atomic mass is 16.5. The van der Waals surface area contributed by atoms with Gasteiger partial charge in [-0.3, -0.25) is 4.79 Å². The fourth-order valence-electron chi connectivity index (χ4n) is 2.92. The molecule has 5 nitrogen and oxygen atoms in total. The predicted octanol–water partition coefficient (Wildman–Crippen LogP) is 2.16. The van der Waals surface area contributed by atoms with Crippen molar-refractivity contribution in [3.8, 4) is 5.75 Å². The van der Waals surface area contributed by atoms with Crippen LogP contribution in [0.4, 0.5) is 5.69 Å². The average Bonchev–Trinajstić information content (AvgIpc) is 2.54. The molecule has 0 saturated heterocycles. The van der Waals surface area contributed by atoms with E-state index in [2.05, 4.69) is 10.6 Å². The van der Waals surface area contributed by atoms with Crippen LogP contribution in [0.3, 0.4) is 0 Å². The van der Waals surface area contributed by atoms with Crippen LogP contribution in [-0.2, 0) is 4.79 Å². The molecule has 2 atom stereocenters. The molecule has 1 saturated carbocycles. The van der Waals surface area contributed by atoms with Gasteiger partial charge in [-0.1, -0.05) is 31.9 Å². The van der Waals surface area contributed by atoms with Crippen molar-refractivity contribution < 1.29 is 14.6 Å². The number of para-hydroxylation sites is 2. The topological polar surface area (TPSA) is 70.6 Å². The van der Waals surface area contributed by atoms with Crippen LogP contribution in [0.5, 0.6) is 5.75 Å². The van der Waals surface area contributed by atoms with Crippen molar-refractivity contribution in [2.45, 2.75) is 38.7 Å². The molecule has 22 heavy (non-hydrogen) atoms. The van der Waals surface area contributed by atoms with E-state index < -0.39 is 0 Å². The van der Waals surface area contributed by atoms with E-state index in [1.807, 2.05) is 31.2 Å². The van der Waals surface area contributed by atoms with Gasteiger partial charge in [0.05, 0.1) is 25.4 Å². The Morgan fingerprint density at radius 1 is 1.41 bits per heavy atom. The molecule has 2 rings (SSSR count). The van der Waals surface area contributed by atoms with E-state index >= 15 is 0 Å². The van der Waals surface area contributed by atoms with E-state index in [1.165, 1.54) is 0 Å². The highest BCUT2D eigenvalue weighted by Crippen LogP contribution is 2.35. The quantitative estimate of drug-likeness (QED) is 0.753. The van der Waals surface area contributed by atoms with E-state index in [1.54, 1.807) is 7.11 Å². The Labute approximate surface area is 132 Å². The van der Waals surface area contributed by atoms with Gasteiger partial charge in [0.2, 0.25) is 5.91 Å². The summed E-state index contributed by atoms with van der Waals surface area (Å²) in [6, 6.07) is 7.50. The van der Waals surface area contributed by atoms with Gasteiger partial charge in [-0.05, 0) is 25.0 Å². The molecule has 0 bridgehead atoms. The summed E-state index contributed by atoms with van der Waals surface area (Å²) in [7, 11) is 1.60. The first-order valence-corrected chi connectivity index (χ1v) is 7.87. The Balaban J connectivity index is 1.81. The van der Waals surface area contributed by atoms with Gasteiger partial charge in [0.25, 0.3) is 0 Å². The SMILES string of the molecule is COc1ccccc1NCC(=O)NC[C@]1(C)CCCC[C@@H]1O. The molecule has 1 aromatic carbocycles. The number of rotatable bonds is 6. The first-order chi connectivity index (χ1) is 10.5. The number of carbonyl (C=O) groups excluding carboxylic acids is 1. The van der Waals surface area contributed by atoms with Gasteiger partial charge in [-0.2, -0.15) is 0 Å². The van der Waals surface area contributed by atoms with Crippen LogP contribution < -0.4 is 15.4 Å². The van der Waals surface area contributed by atoms with Crippen molar-refractivity contribution in [2.24, 2.45) is 5.41 Å². The number of methoxy groups -OCH3 is 1. The van der Waals surface area contributed by atoms with Crippen molar-refractivity contribution in [2.75, 3.05) is 25.5 Å². The normalized spacial score (nSPS) is 24.6. The van der Waals surface area contributed by atoms with Gasteiger partial charge in [-0.15, -0.1) is 0 Å². The molecular formula is C17H26N2O3. The lowest BCUT2D eigenvalue weighted by molar-refractivity contribution is -0.120. The van der Waals surface area contributed by atoms with Crippen LogP contribution in [0.2, 0.25) is 0 Å². The molecule has 0 unspecified atom stereocenters. The van der Waals surface area contributed by atoms with Crippen LogP contribution in [0.25, 0.3) is 0 Å². The molecule has 0 radical (unpaired) electrons. The van der Waals surface area contributed by atoms with Gasteiger partial charge < -0.3 is 20.5 Å². The summed E-state index contributed by atoms with van der Waals surface area (Å²) in [5, 5.41) is 16.1. The van der Waals surface area contributed by atoms with Crippen LogP contribution >= 0.6 is 0 Å². The third-order valence-electron chi connectivity index (χ3n) is 4.52. The minimum Gasteiger partial charge on any atom is -0.495 e. The van der Waals surface area contributed by atoms with Gasteiger partial charge in [0.15, 0.2) is 0 Å². The summed E-state index contributed by atoms with van der Waals surface area (Å²) in [4.78, 5) is 12.0. The summed E-state index contributed by atoms with van der Waals surface area (Å²) in [6.07, 6.45) is 3.63. The number of anilines is 1. The van der Waals surface area contributed by atoms with E-state index in [0.717, 1.165) is 31.4 Å². The Morgan fingerprint density at radius 3 is 2.91 bits per heavy atom. The lowest BCUT2D eigenvalue weighted by atomic mass is 9.73. The molecule has 1 amide bonds. The van der Waals surface area contributed by atoms with Crippen molar-refractivity contribution in [1.29, 1.82) is 0 Å². The minimum atomic E-state index is -0.330. The fourth-order valence-corrected chi connectivity index (χ4v) is 2.92. The Kier molecular flexibility index (Phi) is 5.66. The lowest BCUT2D eigenvalue weighted by Crippen LogP contribution is -2.46. The van der Waals surface area contributed by atoms with Gasteiger partial charge in [-0.25, -0.2) is 0 Å². The van der Waals surface area contributed by atoms with Crippen LogP contribution in [0, 0.1) is 5.41 Å². The maximum Gasteiger partial charge on any atom is 0.239 e. The smallest absolute Gasteiger partial charge is 0.239 e. The number of ether oxygens (including phenoxy) is 1. The molecular weight excluding hydrogens is 280 g/mol. The minimum absolute atomic E-state index is 0.0788. The van der Waals surface area contributed by atoms with Crippen LogP contribution in [0.15, 0.2) is 24.3 Å². The maximum absolute atomic E-state index is 12.0. The number of aliphatic hydroxyl groups excluding tert-OH is 1. The molecule has 5 heteroatoms. The number of carbonyl (C=O) groups is 1. The zero-order valence-corrected chi connectivity index (χ0v) is 13.4. The summed E-state index contributed by atoms with van der Waals surface area (Å²) in [5.74, 6) is 0.634. The van der Waals surface area contributed by atoms with E-state index in [-0.39, 0.29) is 24.0 Å². The van der Waals surface area contributed by atoms with Gasteiger partial charge in [0.1, 0.15) is 5.75 Å². The summed E-state index contributed by atoms with van der Waals surface area (Å²) >= 11 is 0. The van der Waals surface area contributed by atoms with Crippen molar-refractivity contribution in [3.05, 3.63) is 24.3 Å². The lowest BCUT2D eigenvalue weighted by Gasteiger charge is -2.38. The van der Waals surface area contributed by atoms with Gasteiger partial charge >= 0.3 is 0 Å². The number of amides is 1. The summed E-state index contributed by atoms with van der Waals surface area (Å²) in [5.41, 5.74) is 0.585. The first kappa shape index (κ1) is 16.6. The molecule has 1 aliphatic rings. The molecule has 1 fully saturated rings. The van der Waals surface area contributed by atoms with Crippen LogP contribution in [0.1, 0.15) is 32.6 Å². The van der Waals surface area contributed by atoms with Crippen molar-refractivity contribution >= 4 is 11.6 Å². The monoisotopic (exact) mass is 306 g/mol. The predicted molar refractivity (Wildman–Crippen MR) is 87.1 cm³/mol. The third kappa shape index (κ3) is 4.13. The number of hydrogen-bond acceptors (Lipinski definition) is 4. The molecule has 1 aromatic rings. The molecule has 3 N–H and O–H groups in total. The third-order valence-corrected chi connectivity index (χ3v) is 4.52. The zero-order chi connectivity index (χ0) is 16.0. The maximum atomic E-state index is 12.0. The largest absolute Gasteiger partial charge is 0.495 e. The highest BCUT2D eigenvalue weighted by molar-refractivity contribution is 5.81. The molecule has 0 heterocycles. The molecule has 122 valence electrons. The fraction of sp³-hybridized carbons (Fsp3) is 0.588. The first-order valence-electron chi connectivity index (χ1n) is 7.87. The van der Waals surface area contributed by atoms with Crippen molar-refractivity contribution in [1.82, 2.24) is 5.32 Å². The number of aliphatic hydroxyl groups is 1. The number of hydrogen-bond donors (Lipinski definition) is 3. The Bertz CT molecular complexity index is 506. The molecule has 0 aliphatic heterocycles. The second-order valence-corrected chi connectivity index (χ2v) is 6.25. The van der Waals surface area contributed by atoms with E-state index in [0.29, 0.717) is 12.3 Å². The van der Waals surface area contributed by atoms with Gasteiger partial charge in [0, 0.05) is 12.0 Å². The van der Waals surface area contributed by atoms with Crippen LogP contribution in [-0.4, -0.2) is 37.3 Å². The Morgan fingerprint density at radius 2 is 2.18 bits per heavy atom. The standard InChI is InChI=1S/C17H26N2O3/c1-17(10-6-5-9-15(17)20)12-19-16(21)11-18-13-7-3-4-8-14(13)22-2/h3-4,7-8,15,18,20H,5-6,9-12H2,1-2H3,(H,19,21)/t15-,17-/m0/s1. The van der Waals surface area contributed by atoms with E-state index in [9.17, 15) is 9.90 Å². The second kappa shape index (κ2) is 7.49. The highest BCUT2D eigenvalue weighted by Gasteiger charge is 2.35. The number of nitrogens with one attached hydrogen (secondary N) is 2. The summed E-state index contributed by atoms with van der Waals surface area (Å²) in [6.45, 7) is 2.75. The number of benzene rings is 1. The summed E-state index contributed by atoms with van der Waals surface area (Å²) < 4.78 is 5.24. The van der Waals surface area contributed by atoms with E-state index in [4.69, 9.17) is 4.74 Å². The average molecular weight is 306 g/mol. The molecule has 0 aromatic heterocycles. The van der Waals surface area contributed by atoms with Crippen molar-refractivity contribution in [3.63, 3.8) is 0 Å². The zero-order valence-electron chi connectivity index (χ0n) is 13.4. The Hall–Kier alpha value is -1.75. The molecule has 1 aliphatic carbocycles. The second-order valence-electron chi connectivity index (χ2n) is 6.25. The molecule has 0 spiro atoms.